The number of nitro benzene ring substituents is 1. The minimum Gasteiger partial charge on any atom is -0.488 e. The molecule has 1 aliphatic heterocycles. The number of hydrazone groups is 1. The van der Waals surface area contributed by atoms with Crippen LogP contribution in [0.5, 0.6) is 5.75 Å². The van der Waals surface area contributed by atoms with E-state index in [4.69, 9.17) is 17.0 Å². The lowest BCUT2D eigenvalue weighted by Crippen LogP contribution is -2.22. The molecule has 138 valence electrons. The SMILES string of the molecule is O=C1CSC(=S)N1/N=C\c1cc(Br)ccc1OCc1ccc([N+](=O)[O-])cc1. The van der Waals surface area contributed by atoms with Crippen LogP contribution in [0.15, 0.2) is 52.0 Å². The Kier molecular flexibility index (Phi) is 6.19. The maximum Gasteiger partial charge on any atom is 0.269 e. The molecular formula is C17H12BrN3O4S2. The number of hydrogen-bond donors (Lipinski definition) is 0. The number of halogens is 1. The normalized spacial score (nSPS) is 14.2. The van der Waals surface area contributed by atoms with E-state index in [1.54, 1.807) is 18.2 Å². The fourth-order valence-corrected chi connectivity index (χ4v) is 3.55. The number of hydrogen-bond acceptors (Lipinski definition) is 7. The maximum absolute atomic E-state index is 11.8. The molecule has 0 spiro atoms. The van der Waals surface area contributed by atoms with Crippen molar-refractivity contribution < 1.29 is 14.5 Å². The highest BCUT2D eigenvalue weighted by Gasteiger charge is 2.26. The number of ether oxygens (including phenoxy) is 1. The molecule has 2 aromatic carbocycles. The second-order valence-electron chi connectivity index (χ2n) is 5.40. The molecule has 1 amide bonds. The van der Waals surface area contributed by atoms with E-state index in [1.807, 2.05) is 12.1 Å². The standard InChI is InChI=1S/C17H12BrN3O4S2/c18-13-3-6-15(25-9-11-1-4-14(5-2-11)21(23)24)12(7-13)8-19-20-16(22)10-27-17(20)26/h1-8H,9-10H2/b19-8-. The Balaban J connectivity index is 1.74. The summed E-state index contributed by atoms with van der Waals surface area (Å²) in [7, 11) is 0. The van der Waals surface area contributed by atoms with Crippen LogP contribution < -0.4 is 4.74 Å². The number of nitro groups is 1. The summed E-state index contributed by atoms with van der Waals surface area (Å²) in [6.07, 6.45) is 1.52. The second-order valence-corrected chi connectivity index (χ2v) is 7.92. The van der Waals surface area contributed by atoms with E-state index < -0.39 is 4.92 Å². The molecule has 0 aromatic heterocycles. The number of thioether (sulfide) groups is 1. The number of carbonyl (C=O) groups excluding carboxylic acids is 1. The van der Waals surface area contributed by atoms with Gasteiger partial charge in [0, 0.05) is 22.2 Å². The second kappa shape index (κ2) is 8.59. The van der Waals surface area contributed by atoms with Crippen LogP contribution in [0.2, 0.25) is 0 Å². The van der Waals surface area contributed by atoms with Gasteiger partial charge in [-0.3, -0.25) is 14.9 Å². The minimum absolute atomic E-state index is 0.0272. The van der Waals surface area contributed by atoms with Gasteiger partial charge >= 0.3 is 0 Å². The fraction of sp³-hybridized carbons (Fsp3) is 0.118. The molecule has 7 nitrogen and oxygen atoms in total. The first-order valence-corrected chi connectivity index (χ1v) is 9.82. The molecule has 1 fully saturated rings. The molecule has 0 unspecified atom stereocenters. The molecule has 0 aliphatic carbocycles. The van der Waals surface area contributed by atoms with Crippen molar-refractivity contribution in [3.63, 3.8) is 0 Å². The van der Waals surface area contributed by atoms with E-state index >= 15 is 0 Å². The zero-order valence-corrected chi connectivity index (χ0v) is 16.9. The molecule has 10 heteroatoms. The lowest BCUT2D eigenvalue weighted by molar-refractivity contribution is -0.384. The van der Waals surface area contributed by atoms with Crippen molar-refractivity contribution in [3.05, 3.63) is 68.2 Å². The third-order valence-corrected chi connectivity index (χ3v) is 5.38. The molecule has 27 heavy (non-hydrogen) atoms. The largest absolute Gasteiger partial charge is 0.488 e. The van der Waals surface area contributed by atoms with E-state index in [0.29, 0.717) is 15.6 Å². The van der Waals surface area contributed by atoms with Gasteiger partial charge in [0.25, 0.3) is 11.6 Å². The van der Waals surface area contributed by atoms with Crippen molar-refractivity contribution in [1.29, 1.82) is 0 Å². The number of amides is 1. The Morgan fingerprint density at radius 2 is 2.07 bits per heavy atom. The molecule has 0 bridgehead atoms. The highest BCUT2D eigenvalue weighted by atomic mass is 79.9. The lowest BCUT2D eigenvalue weighted by atomic mass is 10.2. The van der Waals surface area contributed by atoms with Crippen molar-refractivity contribution in [2.24, 2.45) is 5.10 Å². The Hall–Kier alpha value is -2.30. The van der Waals surface area contributed by atoms with Crippen molar-refractivity contribution in [2.45, 2.75) is 6.61 Å². The van der Waals surface area contributed by atoms with Crippen LogP contribution in [-0.2, 0) is 11.4 Å². The fourth-order valence-electron chi connectivity index (χ4n) is 2.21. The predicted molar refractivity (Wildman–Crippen MR) is 111 cm³/mol. The molecule has 3 rings (SSSR count). The first-order chi connectivity index (χ1) is 12.9. The van der Waals surface area contributed by atoms with Crippen molar-refractivity contribution in [3.8, 4) is 5.75 Å². The van der Waals surface area contributed by atoms with Gasteiger partial charge in [0.15, 0.2) is 4.32 Å². The van der Waals surface area contributed by atoms with E-state index in [2.05, 4.69) is 21.0 Å². The van der Waals surface area contributed by atoms with Crippen LogP contribution in [0.4, 0.5) is 5.69 Å². The number of benzene rings is 2. The highest BCUT2D eigenvalue weighted by molar-refractivity contribution is 9.10. The van der Waals surface area contributed by atoms with Gasteiger partial charge in [-0.2, -0.15) is 10.1 Å². The van der Waals surface area contributed by atoms with Crippen molar-refractivity contribution in [2.75, 3.05) is 5.75 Å². The molecule has 1 heterocycles. The van der Waals surface area contributed by atoms with Crippen LogP contribution in [0.3, 0.4) is 0 Å². The lowest BCUT2D eigenvalue weighted by Gasteiger charge is -2.11. The number of non-ortho nitro benzene ring substituents is 1. The topological polar surface area (TPSA) is 85.0 Å². The van der Waals surface area contributed by atoms with Crippen LogP contribution in [0.1, 0.15) is 11.1 Å². The average Bonchev–Trinajstić information content (AvgIpc) is 2.97. The van der Waals surface area contributed by atoms with Gasteiger partial charge in [-0.25, -0.2) is 0 Å². The third kappa shape index (κ3) is 4.90. The monoisotopic (exact) mass is 465 g/mol. The minimum atomic E-state index is -0.448. The average molecular weight is 466 g/mol. The van der Waals surface area contributed by atoms with Crippen LogP contribution in [0, 0.1) is 10.1 Å². The molecule has 1 aliphatic rings. The zero-order valence-electron chi connectivity index (χ0n) is 13.7. The molecule has 0 saturated carbocycles. The summed E-state index contributed by atoms with van der Waals surface area (Å²) in [6.45, 7) is 0.234. The first kappa shape index (κ1) is 19.5. The molecular weight excluding hydrogens is 454 g/mol. The first-order valence-electron chi connectivity index (χ1n) is 7.63. The maximum atomic E-state index is 11.8. The summed E-state index contributed by atoms with van der Waals surface area (Å²) >= 11 is 9.77. The summed E-state index contributed by atoms with van der Waals surface area (Å²) in [5.74, 6) is 0.688. The van der Waals surface area contributed by atoms with E-state index in [-0.39, 0.29) is 24.0 Å². The molecule has 0 N–H and O–H groups in total. The van der Waals surface area contributed by atoms with E-state index in [9.17, 15) is 14.9 Å². The highest BCUT2D eigenvalue weighted by Crippen LogP contribution is 2.25. The molecule has 1 saturated heterocycles. The quantitative estimate of drug-likeness (QED) is 0.276. The summed E-state index contributed by atoms with van der Waals surface area (Å²) < 4.78 is 7.07. The summed E-state index contributed by atoms with van der Waals surface area (Å²) in [4.78, 5) is 22.0. The van der Waals surface area contributed by atoms with Gasteiger partial charge in [0.05, 0.1) is 16.9 Å². The number of rotatable bonds is 6. The van der Waals surface area contributed by atoms with Gasteiger partial charge in [0.1, 0.15) is 12.4 Å². The summed E-state index contributed by atoms with van der Waals surface area (Å²) in [6, 6.07) is 11.6. The van der Waals surface area contributed by atoms with Crippen LogP contribution in [-0.4, -0.2) is 32.1 Å². The Morgan fingerprint density at radius 1 is 1.33 bits per heavy atom. The van der Waals surface area contributed by atoms with E-state index in [1.165, 1.54) is 35.1 Å². The molecule has 0 radical (unpaired) electrons. The summed E-state index contributed by atoms with van der Waals surface area (Å²) in [5, 5.41) is 16.1. The number of nitrogens with zero attached hydrogens (tertiary/aromatic N) is 3. The van der Waals surface area contributed by atoms with Crippen LogP contribution in [0.25, 0.3) is 0 Å². The smallest absolute Gasteiger partial charge is 0.269 e. The van der Waals surface area contributed by atoms with Crippen LogP contribution >= 0.6 is 39.9 Å². The Labute approximate surface area is 172 Å². The van der Waals surface area contributed by atoms with E-state index in [0.717, 1.165) is 10.0 Å². The van der Waals surface area contributed by atoms with Crippen molar-refractivity contribution in [1.82, 2.24) is 5.01 Å². The summed E-state index contributed by atoms with van der Waals surface area (Å²) in [5.41, 5.74) is 1.48. The third-order valence-electron chi connectivity index (χ3n) is 3.55. The Bertz CT molecular complexity index is 918. The van der Waals surface area contributed by atoms with Gasteiger partial charge in [-0.05, 0) is 35.9 Å². The van der Waals surface area contributed by atoms with Gasteiger partial charge in [-0.15, -0.1) is 0 Å². The van der Waals surface area contributed by atoms with Gasteiger partial charge in [0.2, 0.25) is 0 Å². The Morgan fingerprint density at radius 3 is 2.70 bits per heavy atom. The van der Waals surface area contributed by atoms with Crippen molar-refractivity contribution >= 4 is 62.0 Å². The predicted octanol–water partition coefficient (Wildman–Crippen LogP) is 4.13. The number of carbonyl (C=O) groups is 1. The van der Waals surface area contributed by atoms with Gasteiger partial charge < -0.3 is 4.74 Å². The molecule has 2 aromatic rings. The number of thiocarbonyl (C=S) groups is 1. The zero-order chi connectivity index (χ0) is 19.4. The van der Waals surface area contributed by atoms with Gasteiger partial charge in [-0.1, -0.05) is 39.9 Å². The molecule has 0 atom stereocenters.